The van der Waals surface area contributed by atoms with Crippen molar-refractivity contribution >= 4 is 5.97 Å². The van der Waals surface area contributed by atoms with Crippen LogP contribution < -0.4 is 5.32 Å². The molecule has 1 rings (SSSR count). The molecule has 0 aromatic rings. The van der Waals surface area contributed by atoms with E-state index < -0.39 is 5.54 Å². The molecule has 1 aliphatic rings. The molecular weight excluding hydrogens is 232 g/mol. The molecule has 0 aliphatic heterocycles. The Morgan fingerprint density at radius 3 is 2.89 bits per heavy atom. The molecule has 1 aliphatic carbocycles. The van der Waals surface area contributed by atoms with Gasteiger partial charge in [-0.05, 0) is 36.6 Å². The lowest BCUT2D eigenvalue weighted by molar-refractivity contribution is -0.153. The van der Waals surface area contributed by atoms with Gasteiger partial charge >= 0.3 is 5.97 Å². The molecule has 102 valence electrons. The lowest BCUT2D eigenvalue weighted by Crippen LogP contribution is -2.59. The number of ether oxygens (including phenoxy) is 1. The number of carbonyl (C=O) groups is 1. The number of azide groups is 1. The Morgan fingerprint density at radius 2 is 2.33 bits per heavy atom. The van der Waals surface area contributed by atoms with Gasteiger partial charge in [0.2, 0.25) is 0 Å². The quantitative estimate of drug-likeness (QED) is 0.268. The molecular formula is C12H22N4O2. The fourth-order valence-electron chi connectivity index (χ4n) is 2.84. The summed E-state index contributed by atoms with van der Waals surface area (Å²) < 4.78 is 4.95. The molecule has 18 heavy (non-hydrogen) atoms. The van der Waals surface area contributed by atoms with Gasteiger partial charge in [-0.15, -0.1) is 0 Å². The van der Waals surface area contributed by atoms with Crippen molar-refractivity contribution in [2.75, 3.05) is 20.2 Å². The summed E-state index contributed by atoms with van der Waals surface area (Å²) in [5.74, 6) is 0.652. The number of hydrogen-bond acceptors (Lipinski definition) is 4. The number of rotatable bonds is 5. The van der Waals surface area contributed by atoms with Crippen LogP contribution in [0.2, 0.25) is 0 Å². The highest BCUT2D eigenvalue weighted by Crippen LogP contribution is 2.37. The van der Waals surface area contributed by atoms with E-state index in [1.165, 1.54) is 7.11 Å². The molecule has 0 aromatic carbocycles. The maximum Gasteiger partial charge on any atom is 0.326 e. The Bertz CT molecular complexity index is 341. The minimum Gasteiger partial charge on any atom is -0.468 e. The molecule has 0 spiro atoms. The third-order valence-corrected chi connectivity index (χ3v) is 3.89. The second-order valence-electron chi connectivity index (χ2n) is 5.12. The Hall–Kier alpha value is -1.26. The van der Waals surface area contributed by atoms with Crippen LogP contribution >= 0.6 is 0 Å². The largest absolute Gasteiger partial charge is 0.468 e. The van der Waals surface area contributed by atoms with Crippen LogP contribution in [0, 0.1) is 11.8 Å². The predicted octanol–water partition coefficient (Wildman–Crippen LogP) is 2.25. The topological polar surface area (TPSA) is 87.1 Å². The van der Waals surface area contributed by atoms with Gasteiger partial charge in [0, 0.05) is 18.0 Å². The molecule has 1 fully saturated rings. The first-order chi connectivity index (χ1) is 8.56. The average molecular weight is 254 g/mol. The summed E-state index contributed by atoms with van der Waals surface area (Å²) in [6.45, 7) is 5.13. The van der Waals surface area contributed by atoms with Gasteiger partial charge in [-0.1, -0.05) is 19.0 Å². The van der Waals surface area contributed by atoms with Gasteiger partial charge in [-0.2, -0.15) is 0 Å². The lowest BCUT2D eigenvalue weighted by Gasteiger charge is -2.43. The van der Waals surface area contributed by atoms with Gasteiger partial charge in [0.05, 0.1) is 7.11 Å². The van der Waals surface area contributed by atoms with E-state index in [9.17, 15) is 4.79 Å². The Balaban J connectivity index is 2.75. The molecule has 3 unspecified atom stereocenters. The standard InChI is InChI=1S/C12H22N4O2/c1-9-4-5-12(10(2)8-9,11(17)18-3)14-6-7-15-16-13/h9-10,14H,4-8H2,1-3H3. The molecule has 0 bridgehead atoms. The Labute approximate surface area is 108 Å². The molecule has 6 heteroatoms. The second-order valence-corrected chi connectivity index (χ2v) is 5.12. The van der Waals surface area contributed by atoms with Crippen molar-refractivity contribution < 1.29 is 9.53 Å². The number of esters is 1. The van der Waals surface area contributed by atoms with Crippen LogP contribution in [0.1, 0.15) is 33.1 Å². The van der Waals surface area contributed by atoms with Crippen molar-refractivity contribution in [1.29, 1.82) is 0 Å². The van der Waals surface area contributed by atoms with Crippen LogP contribution in [-0.2, 0) is 9.53 Å². The predicted molar refractivity (Wildman–Crippen MR) is 68.9 cm³/mol. The van der Waals surface area contributed by atoms with Crippen molar-refractivity contribution in [2.24, 2.45) is 17.0 Å². The summed E-state index contributed by atoms with van der Waals surface area (Å²) in [6.07, 6.45) is 2.79. The van der Waals surface area contributed by atoms with E-state index in [4.69, 9.17) is 10.3 Å². The van der Waals surface area contributed by atoms with E-state index in [0.29, 0.717) is 19.0 Å². The van der Waals surface area contributed by atoms with Crippen LogP contribution in [0.4, 0.5) is 0 Å². The first-order valence-electron chi connectivity index (χ1n) is 6.41. The summed E-state index contributed by atoms with van der Waals surface area (Å²) in [6, 6.07) is 0. The van der Waals surface area contributed by atoms with E-state index >= 15 is 0 Å². The normalized spacial score (nSPS) is 31.5. The maximum atomic E-state index is 12.1. The van der Waals surface area contributed by atoms with Crippen LogP contribution in [0.5, 0.6) is 0 Å². The molecule has 0 amide bonds. The molecule has 3 atom stereocenters. The number of methoxy groups -OCH3 is 1. The van der Waals surface area contributed by atoms with Gasteiger partial charge in [-0.3, -0.25) is 4.79 Å². The SMILES string of the molecule is COC(=O)C1(NCCN=[N+]=[N-])CCC(C)CC1C. The van der Waals surface area contributed by atoms with Crippen LogP contribution in [-0.4, -0.2) is 31.7 Å². The van der Waals surface area contributed by atoms with Crippen molar-refractivity contribution in [3.63, 3.8) is 0 Å². The van der Waals surface area contributed by atoms with Gasteiger partial charge in [-0.25, -0.2) is 0 Å². The van der Waals surface area contributed by atoms with Crippen molar-refractivity contribution in [3.8, 4) is 0 Å². The number of nitrogens with one attached hydrogen (secondary N) is 1. The molecule has 0 heterocycles. The van der Waals surface area contributed by atoms with E-state index in [1.54, 1.807) is 0 Å². The zero-order valence-electron chi connectivity index (χ0n) is 11.3. The van der Waals surface area contributed by atoms with E-state index in [-0.39, 0.29) is 11.9 Å². The van der Waals surface area contributed by atoms with Gasteiger partial charge in [0.1, 0.15) is 5.54 Å². The Morgan fingerprint density at radius 1 is 1.61 bits per heavy atom. The first kappa shape index (κ1) is 14.8. The fourth-order valence-corrected chi connectivity index (χ4v) is 2.84. The van der Waals surface area contributed by atoms with Crippen molar-refractivity contribution in [1.82, 2.24) is 5.32 Å². The third kappa shape index (κ3) is 3.15. The van der Waals surface area contributed by atoms with Gasteiger partial charge in [0.15, 0.2) is 0 Å². The van der Waals surface area contributed by atoms with Gasteiger partial charge in [0.25, 0.3) is 0 Å². The zero-order valence-corrected chi connectivity index (χ0v) is 11.3. The van der Waals surface area contributed by atoms with Crippen LogP contribution in [0.25, 0.3) is 10.4 Å². The molecule has 0 saturated heterocycles. The smallest absolute Gasteiger partial charge is 0.326 e. The second kappa shape index (κ2) is 6.61. The van der Waals surface area contributed by atoms with Crippen LogP contribution in [0.3, 0.4) is 0 Å². The summed E-state index contributed by atoms with van der Waals surface area (Å²) in [7, 11) is 1.42. The Kier molecular flexibility index (Phi) is 5.44. The van der Waals surface area contributed by atoms with Crippen molar-refractivity contribution in [3.05, 3.63) is 10.4 Å². The maximum absolute atomic E-state index is 12.1. The number of nitrogens with zero attached hydrogens (tertiary/aromatic N) is 3. The number of hydrogen-bond donors (Lipinski definition) is 1. The summed E-state index contributed by atoms with van der Waals surface area (Å²) in [5.41, 5.74) is 7.63. The van der Waals surface area contributed by atoms with Crippen LogP contribution in [0.15, 0.2) is 5.11 Å². The first-order valence-corrected chi connectivity index (χ1v) is 6.41. The highest BCUT2D eigenvalue weighted by Gasteiger charge is 2.46. The van der Waals surface area contributed by atoms with Crippen molar-refractivity contribution in [2.45, 2.75) is 38.6 Å². The van der Waals surface area contributed by atoms with E-state index in [0.717, 1.165) is 19.3 Å². The highest BCUT2D eigenvalue weighted by molar-refractivity contribution is 5.81. The van der Waals surface area contributed by atoms with Gasteiger partial charge < -0.3 is 10.1 Å². The minimum atomic E-state index is -0.619. The number of carbonyl (C=O) groups excluding carboxylic acids is 1. The third-order valence-electron chi connectivity index (χ3n) is 3.89. The van der Waals surface area contributed by atoms with E-state index in [1.807, 2.05) is 0 Å². The molecule has 0 aromatic heterocycles. The molecule has 1 N–H and O–H groups in total. The summed E-state index contributed by atoms with van der Waals surface area (Å²) >= 11 is 0. The highest BCUT2D eigenvalue weighted by atomic mass is 16.5. The molecule has 1 saturated carbocycles. The lowest BCUT2D eigenvalue weighted by atomic mass is 9.70. The summed E-state index contributed by atoms with van der Waals surface area (Å²) in [4.78, 5) is 14.8. The zero-order chi connectivity index (χ0) is 13.6. The molecule has 0 radical (unpaired) electrons. The average Bonchev–Trinajstić information content (AvgIpc) is 2.36. The monoisotopic (exact) mass is 254 g/mol. The summed E-state index contributed by atoms with van der Waals surface area (Å²) in [5, 5.41) is 6.73. The van der Waals surface area contributed by atoms with E-state index in [2.05, 4.69) is 29.2 Å². The molecule has 6 nitrogen and oxygen atoms in total. The fraction of sp³-hybridized carbons (Fsp3) is 0.917. The minimum absolute atomic E-state index is 0.206.